The summed E-state index contributed by atoms with van der Waals surface area (Å²) in [6, 6.07) is 57.3. The highest BCUT2D eigenvalue weighted by Gasteiger charge is 2.37. The average Bonchev–Trinajstić information content (AvgIpc) is 3.52. The molecule has 244 valence electrons. The first kappa shape index (κ1) is 30.1. The smallest absolute Gasteiger partial charge is 0.0159 e. The highest BCUT2D eigenvalue weighted by atomic mass is 14.4. The third-order valence-electron chi connectivity index (χ3n) is 12.1. The zero-order valence-electron chi connectivity index (χ0n) is 29.9. The molecule has 0 fully saturated rings. The lowest BCUT2D eigenvalue weighted by Crippen LogP contribution is -2.15. The van der Waals surface area contributed by atoms with Gasteiger partial charge in [-0.3, -0.25) is 0 Å². The highest BCUT2D eigenvalue weighted by molar-refractivity contribution is 6.21. The predicted molar refractivity (Wildman–Crippen MR) is 218 cm³/mol. The van der Waals surface area contributed by atoms with E-state index >= 15 is 0 Å². The second-order valence-electron chi connectivity index (χ2n) is 15.8. The molecule has 0 aromatic heterocycles. The number of rotatable bonds is 3. The third kappa shape index (κ3) is 4.26. The van der Waals surface area contributed by atoms with Gasteiger partial charge >= 0.3 is 0 Å². The van der Waals surface area contributed by atoms with Crippen molar-refractivity contribution in [3.05, 3.63) is 179 Å². The maximum atomic E-state index is 2.49. The van der Waals surface area contributed by atoms with Crippen molar-refractivity contribution >= 4 is 21.5 Å². The van der Waals surface area contributed by atoms with Crippen LogP contribution in [0.1, 0.15) is 55.5 Å². The Kier molecular flexibility index (Phi) is 6.29. The summed E-state index contributed by atoms with van der Waals surface area (Å²) in [5, 5.41) is 5.21. The molecule has 0 heterocycles. The molecule has 0 saturated carbocycles. The van der Waals surface area contributed by atoms with Gasteiger partial charge in [-0.1, -0.05) is 167 Å². The standard InChI is InChI=1S/C51H40/c1-31-19-23-42-43(27-31)49(35-22-25-37-36-15-11-12-18-44(36)50(2,3)46(37)30-35)41-17-10-9-16-40(41)48(42)34-21-26-39-38-24-20-33(32-13-7-6-8-14-32)28-45(38)51(4,5)47(39)29-34/h6-30H,1-5H3. The molecule has 0 nitrogen and oxygen atoms in total. The number of hydrogen-bond donors (Lipinski definition) is 0. The second-order valence-corrected chi connectivity index (χ2v) is 15.8. The van der Waals surface area contributed by atoms with Crippen LogP contribution in [0.15, 0.2) is 152 Å². The van der Waals surface area contributed by atoms with E-state index in [1.807, 2.05) is 0 Å². The Morgan fingerprint density at radius 3 is 1.39 bits per heavy atom. The van der Waals surface area contributed by atoms with Crippen LogP contribution in [-0.2, 0) is 10.8 Å². The summed E-state index contributed by atoms with van der Waals surface area (Å²) >= 11 is 0. The number of fused-ring (bicyclic) bond motifs is 8. The monoisotopic (exact) mass is 652 g/mol. The zero-order valence-corrected chi connectivity index (χ0v) is 29.9. The van der Waals surface area contributed by atoms with Gasteiger partial charge in [-0.2, -0.15) is 0 Å². The van der Waals surface area contributed by atoms with Gasteiger partial charge in [0.05, 0.1) is 0 Å². The van der Waals surface area contributed by atoms with E-state index in [2.05, 4.69) is 186 Å². The van der Waals surface area contributed by atoms with E-state index in [0.717, 1.165) is 0 Å². The summed E-state index contributed by atoms with van der Waals surface area (Å²) in [4.78, 5) is 0. The van der Waals surface area contributed by atoms with Crippen LogP contribution in [-0.4, -0.2) is 0 Å². The highest BCUT2D eigenvalue weighted by Crippen LogP contribution is 2.54. The van der Waals surface area contributed by atoms with Crippen molar-refractivity contribution in [3.8, 4) is 55.6 Å². The molecule has 0 aliphatic heterocycles. The minimum atomic E-state index is -0.123. The van der Waals surface area contributed by atoms with Crippen molar-refractivity contribution in [1.82, 2.24) is 0 Å². The molecule has 0 bridgehead atoms. The summed E-state index contributed by atoms with van der Waals surface area (Å²) in [7, 11) is 0. The molecule has 0 radical (unpaired) electrons. The minimum Gasteiger partial charge on any atom is -0.0622 e. The van der Waals surface area contributed by atoms with Crippen LogP contribution in [0, 0.1) is 6.92 Å². The maximum Gasteiger partial charge on any atom is 0.0159 e. The van der Waals surface area contributed by atoms with Crippen LogP contribution in [0.2, 0.25) is 0 Å². The first-order valence-electron chi connectivity index (χ1n) is 18.3. The third-order valence-corrected chi connectivity index (χ3v) is 12.1. The molecule has 0 saturated heterocycles. The Morgan fingerprint density at radius 2 is 0.765 bits per heavy atom. The summed E-state index contributed by atoms with van der Waals surface area (Å²) in [5.74, 6) is 0. The maximum absolute atomic E-state index is 2.49. The zero-order chi connectivity index (χ0) is 34.6. The summed E-state index contributed by atoms with van der Waals surface area (Å²) in [5.41, 5.74) is 19.9. The van der Waals surface area contributed by atoms with E-state index in [1.165, 1.54) is 105 Å². The molecule has 2 aliphatic carbocycles. The van der Waals surface area contributed by atoms with Gasteiger partial charge in [0.2, 0.25) is 0 Å². The van der Waals surface area contributed by atoms with Gasteiger partial charge in [0, 0.05) is 10.8 Å². The fourth-order valence-corrected chi connectivity index (χ4v) is 9.48. The van der Waals surface area contributed by atoms with Crippen molar-refractivity contribution in [2.75, 3.05) is 0 Å². The number of aryl methyl sites for hydroxylation is 1. The van der Waals surface area contributed by atoms with Crippen LogP contribution >= 0.6 is 0 Å². The molecule has 0 unspecified atom stereocenters. The lowest BCUT2D eigenvalue weighted by molar-refractivity contribution is 0.660. The summed E-state index contributed by atoms with van der Waals surface area (Å²) in [6.45, 7) is 11.8. The molecule has 2 aliphatic rings. The molecule has 0 atom stereocenters. The molecule has 8 aromatic rings. The molecule has 0 spiro atoms. The van der Waals surface area contributed by atoms with E-state index in [9.17, 15) is 0 Å². The van der Waals surface area contributed by atoms with Crippen LogP contribution in [0.25, 0.3) is 77.2 Å². The van der Waals surface area contributed by atoms with Crippen molar-refractivity contribution in [2.45, 2.75) is 45.4 Å². The summed E-state index contributed by atoms with van der Waals surface area (Å²) < 4.78 is 0. The lowest BCUT2D eigenvalue weighted by Gasteiger charge is -2.24. The van der Waals surface area contributed by atoms with Crippen LogP contribution in [0.4, 0.5) is 0 Å². The Morgan fingerprint density at radius 1 is 0.314 bits per heavy atom. The Hall–Kier alpha value is -5.72. The molecule has 8 aromatic carbocycles. The molecule has 51 heavy (non-hydrogen) atoms. The van der Waals surface area contributed by atoms with E-state index in [4.69, 9.17) is 0 Å². The summed E-state index contributed by atoms with van der Waals surface area (Å²) in [6.07, 6.45) is 0. The van der Waals surface area contributed by atoms with Crippen molar-refractivity contribution in [3.63, 3.8) is 0 Å². The fourth-order valence-electron chi connectivity index (χ4n) is 9.48. The van der Waals surface area contributed by atoms with Gasteiger partial charge in [-0.25, -0.2) is 0 Å². The van der Waals surface area contributed by atoms with E-state index in [1.54, 1.807) is 0 Å². The van der Waals surface area contributed by atoms with Gasteiger partial charge in [0.15, 0.2) is 0 Å². The Bertz CT molecular complexity index is 2740. The largest absolute Gasteiger partial charge is 0.0622 e. The predicted octanol–water partition coefficient (Wildman–Crippen LogP) is 13.9. The molecule has 10 rings (SSSR count). The van der Waals surface area contributed by atoms with E-state index in [-0.39, 0.29) is 10.8 Å². The quantitative estimate of drug-likeness (QED) is 0.167. The molecular weight excluding hydrogens is 613 g/mol. The van der Waals surface area contributed by atoms with E-state index in [0.29, 0.717) is 0 Å². The van der Waals surface area contributed by atoms with Gasteiger partial charge in [-0.05, 0) is 125 Å². The normalized spacial score (nSPS) is 14.7. The van der Waals surface area contributed by atoms with Gasteiger partial charge in [0.1, 0.15) is 0 Å². The first-order chi connectivity index (χ1) is 24.7. The van der Waals surface area contributed by atoms with Crippen LogP contribution < -0.4 is 0 Å². The van der Waals surface area contributed by atoms with Gasteiger partial charge in [-0.15, -0.1) is 0 Å². The average molecular weight is 653 g/mol. The molecule has 0 N–H and O–H groups in total. The second kappa shape index (κ2) is 10.6. The van der Waals surface area contributed by atoms with Crippen molar-refractivity contribution in [2.24, 2.45) is 0 Å². The minimum absolute atomic E-state index is 0.0555. The first-order valence-corrected chi connectivity index (χ1v) is 18.3. The van der Waals surface area contributed by atoms with Crippen molar-refractivity contribution in [1.29, 1.82) is 0 Å². The Labute approximate surface area is 301 Å². The lowest BCUT2D eigenvalue weighted by atomic mass is 9.79. The number of hydrogen-bond acceptors (Lipinski definition) is 0. The van der Waals surface area contributed by atoms with Crippen LogP contribution in [0.3, 0.4) is 0 Å². The SMILES string of the molecule is Cc1ccc2c(-c3ccc4c(c3)C(C)(C)c3cc(-c5ccccc5)ccc3-4)c3ccccc3c(-c3ccc4c(c3)C(C)(C)c3ccccc3-4)c2c1. The van der Waals surface area contributed by atoms with E-state index < -0.39 is 0 Å². The van der Waals surface area contributed by atoms with Crippen molar-refractivity contribution < 1.29 is 0 Å². The number of benzene rings is 8. The molecule has 0 amide bonds. The molecular formula is C51H40. The fraction of sp³-hybridized carbons (Fsp3) is 0.137. The molecule has 0 heteroatoms. The Balaban J connectivity index is 1.18. The van der Waals surface area contributed by atoms with Gasteiger partial charge < -0.3 is 0 Å². The topological polar surface area (TPSA) is 0 Å². The van der Waals surface area contributed by atoms with Crippen LogP contribution in [0.5, 0.6) is 0 Å². The van der Waals surface area contributed by atoms with Gasteiger partial charge in [0.25, 0.3) is 0 Å².